The molecule has 0 aliphatic rings. The van der Waals surface area contributed by atoms with Crippen LogP contribution in [0.5, 0.6) is 0 Å². The van der Waals surface area contributed by atoms with E-state index in [1.165, 1.54) is 12.0 Å². The van der Waals surface area contributed by atoms with Gasteiger partial charge in [0.05, 0.1) is 13.5 Å². The molecule has 88 valence electrons. The minimum absolute atomic E-state index is 0.102. The first-order valence-corrected chi connectivity index (χ1v) is 4.76. The van der Waals surface area contributed by atoms with Crippen LogP contribution in [0.1, 0.15) is 22.9 Å². The summed E-state index contributed by atoms with van der Waals surface area (Å²) in [6.45, 7) is 1.98. The Bertz CT molecular complexity index is 388. The molecule has 1 aromatic heterocycles. The number of H-pyrrole nitrogens is 1. The first-order valence-electron chi connectivity index (χ1n) is 4.76. The highest BCUT2D eigenvalue weighted by atomic mass is 16.5. The molecule has 0 aliphatic heterocycles. The minimum atomic E-state index is -0.356. The average Bonchev–Trinajstić information content (AvgIpc) is 2.71. The molecule has 7 nitrogen and oxygen atoms in total. The Hall–Kier alpha value is -1.92. The van der Waals surface area contributed by atoms with Crippen molar-refractivity contribution >= 4 is 11.9 Å². The van der Waals surface area contributed by atoms with Crippen molar-refractivity contribution in [3.8, 4) is 0 Å². The number of carbonyl (C=O) groups excluding carboxylic acids is 2. The van der Waals surface area contributed by atoms with Gasteiger partial charge in [-0.1, -0.05) is 0 Å². The van der Waals surface area contributed by atoms with Crippen LogP contribution < -0.4 is 0 Å². The van der Waals surface area contributed by atoms with Crippen LogP contribution in [0, 0.1) is 6.92 Å². The van der Waals surface area contributed by atoms with Crippen LogP contribution in [0.25, 0.3) is 0 Å². The van der Waals surface area contributed by atoms with Gasteiger partial charge >= 0.3 is 5.97 Å². The van der Waals surface area contributed by atoms with Crippen molar-refractivity contribution in [1.29, 1.82) is 0 Å². The van der Waals surface area contributed by atoms with Gasteiger partial charge in [0.2, 0.25) is 5.82 Å². The monoisotopic (exact) mass is 226 g/mol. The number of nitrogens with one attached hydrogen (secondary N) is 1. The molecule has 0 aromatic carbocycles. The fraction of sp³-hybridized carbons (Fsp3) is 0.556. The predicted molar refractivity (Wildman–Crippen MR) is 54.7 cm³/mol. The highest BCUT2D eigenvalue weighted by molar-refractivity contribution is 5.90. The summed E-state index contributed by atoms with van der Waals surface area (Å²) in [6.07, 6.45) is 0.155. The summed E-state index contributed by atoms with van der Waals surface area (Å²) in [6, 6.07) is 0. The molecule has 1 N–H and O–H groups in total. The lowest BCUT2D eigenvalue weighted by Crippen LogP contribution is -2.30. The zero-order valence-corrected chi connectivity index (χ0v) is 9.48. The molecular weight excluding hydrogens is 212 g/mol. The molecule has 0 saturated heterocycles. The number of aromatic nitrogens is 3. The van der Waals surface area contributed by atoms with Gasteiger partial charge in [-0.05, 0) is 6.92 Å². The Labute approximate surface area is 92.8 Å². The Morgan fingerprint density at radius 3 is 2.69 bits per heavy atom. The number of ether oxygens (including phenoxy) is 1. The fourth-order valence-corrected chi connectivity index (χ4v) is 1.07. The average molecular weight is 226 g/mol. The van der Waals surface area contributed by atoms with E-state index in [0.717, 1.165) is 0 Å². The number of nitrogens with zero attached hydrogens (tertiary/aromatic N) is 3. The zero-order valence-electron chi connectivity index (χ0n) is 9.48. The standard InChI is InChI=1S/C9H14N4O3/c1-6-10-8(12-11-6)9(15)13(2)5-4-7(14)16-3/h4-5H2,1-3H3,(H,10,11,12). The number of amides is 1. The van der Waals surface area contributed by atoms with E-state index < -0.39 is 0 Å². The molecule has 0 spiro atoms. The van der Waals surface area contributed by atoms with E-state index in [-0.39, 0.29) is 30.7 Å². The van der Waals surface area contributed by atoms with Gasteiger partial charge in [-0.25, -0.2) is 4.98 Å². The van der Waals surface area contributed by atoms with Gasteiger partial charge in [0.25, 0.3) is 5.91 Å². The third-order valence-corrected chi connectivity index (χ3v) is 2.01. The highest BCUT2D eigenvalue weighted by Crippen LogP contribution is 1.98. The van der Waals surface area contributed by atoms with Crippen molar-refractivity contribution in [3.63, 3.8) is 0 Å². The molecule has 1 amide bonds. The third-order valence-electron chi connectivity index (χ3n) is 2.01. The summed E-state index contributed by atoms with van der Waals surface area (Å²) >= 11 is 0. The summed E-state index contributed by atoms with van der Waals surface area (Å²) in [7, 11) is 2.89. The first-order chi connectivity index (χ1) is 7.54. The number of methoxy groups -OCH3 is 1. The summed E-state index contributed by atoms with van der Waals surface area (Å²) in [5, 5.41) is 6.32. The number of carbonyl (C=O) groups is 2. The summed E-state index contributed by atoms with van der Waals surface area (Å²) in [4.78, 5) is 27.8. The van der Waals surface area contributed by atoms with Gasteiger partial charge in [-0.15, -0.1) is 5.10 Å². The van der Waals surface area contributed by atoms with E-state index in [1.807, 2.05) is 0 Å². The Morgan fingerprint density at radius 1 is 1.50 bits per heavy atom. The van der Waals surface area contributed by atoms with Gasteiger partial charge < -0.3 is 9.64 Å². The van der Waals surface area contributed by atoms with Crippen LogP contribution >= 0.6 is 0 Å². The molecule has 0 bridgehead atoms. The molecule has 0 radical (unpaired) electrons. The first kappa shape index (κ1) is 12.2. The minimum Gasteiger partial charge on any atom is -0.469 e. The van der Waals surface area contributed by atoms with Crippen LogP contribution in [0.2, 0.25) is 0 Å². The lowest BCUT2D eigenvalue weighted by Gasteiger charge is -2.13. The second kappa shape index (κ2) is 5.24. The maximum atomic E-state index is 11.7. The van der Waals surface area contributed by atoms with Crippen LogP contribution in [0.15, 0.2) is 0 Å². The lowest BCUT2D eigenvalue weighted by atomic mass is 10.4. The summed E-state index contributed by atoms with van der Waals surface area (Å²) in [5.74, 6) is -0.00588. The summed E-state index contributed by atoms with van der Waals surface area (Å²) < 4.78 is 4.48. The zero-order chi connectivity index (χ0) is 12.1. The molecule has 0 aliphatic carbocycles. The number of hydrogen-bond donors (Lipinski definition) is 1. The van der Waals surface area contributed by atoms with E-state index in [2.05, 4.69) is 19.9 Å². The van der Waals surface area contributed by atoms with Crippen molar-refractivity contribution in [1.82, 2.24) is 20.1 Å². The SMILES string of the molecule is COC(=O)CCN(C)C(=O)c1n[nH]c(C)n1. The molecule has 1 heterocycles. The number of esters is 1. The molecule has 7 heteroatoms. The van der Waals surface area contributed by atoms with Crippen molar-refractivity contribution in [2.24, 2.45) is 0 Å². The molecule has 0 fully saturated rings. The van der Waals surface area contributed by atoms with E-state index >= 15 is 0 Å². The van der Waals surface area contributed by atoms with Gasteiger partial charge in [-0.3, -0.25) is 14.7 Å². The van der Waals surface area contributed by atoms with Crippen molar-refractivity contribution < 1.29 is 14.3 Å². The van der Waals surface area contributed by atoms with Crippen LogP contribution in [0.3, 0.4) is 0 Å². The van der Waals surface area contributed by atoms with Crippen molar-refractivity contribution in [2.75, 3.05) is 20.7 Å². The van der Waals surface area contributed by atoms with Gasteiger partial charge in [0.1, 0.15) is 5.82 Å². The van der Waals surface area contributed by atoms with Gasteiger partial charge in [-0.2, -0.15) is 0 Å². The lowest BCUT2D eigenvalue weighted by molar-refractivity contribution is -0.140. The van der Waals surface area contributed by atoms with E-state index in [1.54, 1.807) is 14.0 Å². The van der Waals surface area contributed by atoms with Gasteiger partial charge in [0, 0.05) is 13.6 Å². The molecule has 0 unspecified atom stereocenters. The van der Waals surface area contributed by atoms with Crippen LogP contribution in [-0.2, 0) is 9.53 Å². The maximum Gasteiger partial charge on any atom is 0.307 e. The van der Waals surface area contributed by atoms with Gasteiger partial charge in [0.15, 0.2) is 0 Å². The Kier molecular flexibility index (Phi) is 3.98. The number of aryl methyl sites for hydroxylation is 1. The highest BCUT2D eigenvalue weighted by Gasteiger charge is 2.16. The number of aromatic amines is 1. The second-order valence-corrected chi connectivity index (χ2v) is 3.30. The van der Waals surface area contributed by atoms with Crippen LogP contribution in [0.4, 0.5) is 0 Å². The van der Waals surface area contributed by atoms with Crippen molar-refractivity contribution in [3.05, 3.63) is 11.6 Å². The number of rotatable bonds is 4. The third kappa shape index (κ3) is 3.04. The Morgan fingerprint density at radius 2 is 2.19 bits per heavy atom. The second-order valence-electron chi connectivity index (χ2n) is 3.30. The predicted octanol–water partition coefficient (Wildman–Crippen LogP) is -0.252. The summed E-state index contributed by atoms with van der Waals surface area (Å²) in [5.41, 5.74) is 0. The topological polar surface area (TPSA) is 88.2 Å². The Balaban J connectivity index is 2.51. The smallest absolute Gasteiger partial charge is 0.307 e. The molecule has 0 atom stereocenters. The van der Waals surface area contributed by atoms with Crippen molar-refractivity contribution in [2.45, 2.75) is 13.3 Å². The molecule has 0 saturated carbocycles. The van der Waals surface area contributed by atoms with E-state index in [9.17, 15) is 9.59 Å². The maximum absolute atomic E-state index is 11.7. The quantitative estimate of drug-likeness (QED) is 0.715. The van der Waals surface area contributed by atoms with Crippen LogP contribution in [-0.4, -0.2) is 52.7 Å². The molecule has 1 rings (SSSR count). The van der Waals surface area contributed by atoms with E-state index in [4.69, 9.17) is 0 Å². The largest absolute Gasteiger partial charge is 0.469 e. The number of hydrogen-bond acceptors (Lipinski definition) is 5. The molecular formula is C9H14N4O3. The van der Waals surface area contributed by atoms with E-state index in [0.29, 0.717) is 5.82 Å². The normalized spacial score (nSPS) is 9.94. The fourth-order valence-electron chi connectivity index (χ4n) is 1.07. The molecule has 16 heavy (non-hydrogen) atoms. The molecule has 1 aromatic rings.